The number of esters is 1. The molecule has 2 aromatic rings. The minimum Gasteiger partial charge on any atom is -0.466 e. The van der Waals surface area contributed by atoms with Crippen LogP contribution in [0.3, 0.4) is 0 Å². The fourth-order valence-electron chi connectivity index (χ4n) is 1.81. The zero-order valence-corrected chi connectivity index (χ0v) is 15.3. The third-order valence-corrected chi connectivity index (χ3v) is 4.06. The van der Waals surface area contributed by atoms with Crippen molar-refractivity contribution in [1.82, 2.24) is 4.98 Å². The van der Waals surface area contributed by atoms with E-state index < -0.39 is 11.7 Å². The number of hydrogen-bond donors (Lipinski definition) is 1. The number of ether oxygens (including phenoxy) is 1. The van der Waals surface area contributed by atoms with Crippen molar-refractivity contribution in [2.24, 2.45) is 5.10 Å². The number of anilines is 1. The van der Waals surface area contributed by atoms with Crippen LogP contribution in [0.15, 0.2) is 33.2 Å². The highest BCUT2D eigenvalue weighted by Gasteiger charge is 2.30. The van der Waals surface area contributed by atoms with Gasteiger partial charge in [-0.25, -0.2) is 4.98 Å². The van der Waals surface area contributed by atoms with E-state index in [0.29, 0.717) is 21.9 Å². The molecule has 0 fully saturated rings. The molecular weight excluding hydrogens is 423 g/mol. The van der Waals surface area contributed by atoms with E-state index >= 15 is 0 Å². The molecule has 0 spiro atoms. The third-order valence-electron chi connectivity index (χ3n) is 2.80. The fraction of sp³-hybridized carbons (Fsp3) is 0.267. The number of alkyl halides is 3. The number of hydrogen-bond acceptors (Lipinski definition) is 6. The van der Waals surface area contributed by atoms with Gasteiger partial charge in [0.15, 0.2) is 0 Å². The van der Waals surface area contributed by atoms with E-state index in [1.54, 1.807) is 12.3 Å². The lowest BCUT2D eigenvalue weighted by molar-refractivity contribution is -0.142. The number of carbonyl (C=O) groups excluding carboxylic acids is 1. The Morgan fingerprint density at radius 1 is 1.44 bits per heavy atom. The van der Waals surface area contributed by atoms with Crippen LogP contribution in [-0.2, 0) is 22.1 Å². The molecule has 2 rings (SSSR count). The Labute approximate surface area is 154 Å². The van der Waals surface area contributed by atoms with Gasteiger partial charge >= 0.3 is 12.1 Å². The largest absolute Gasteiger partial charge is 0.466 e. The summed E-state index contributed by atoms with van der Waals surface area (Å²) in [5.74, 6) is -0.378. The van der Waals surface area contributed by atoms with Crippen LogP contribution >= 0.6 is 27.3 Å². The maximum atomic E-state index is 12.8. The second-order valence-electron chi connectivity index (χ2n) is 4.77. The second-order valence-corrected chi connectivity index (χ2v) is 6.54. The molecule has 5 nitrogen and oxygen atoms in total. The summed E-state index contributed by atoms with van der Waals surface area (Å²) < 4.78 is 43.4. The van der Waals surface area contributed by atoms with Crippen LogP contribution < -0.4 is 5.43 Å². The topological polar surface area (TPSA) is 63.6 Å². The smallest absolute Gasteiger partial charge is 0.416 e. The first-order valence-corrected chi connectivity index (χ1v) is 8.72. The van der Waals surface area contributed by atoms with Crippen molar-refractivity contribution in [2.45, 2.75) is 19.5 Å². The predicted octanol–water partition coefficient (Wildman–Crippen LogP) is 4.48. The number of carbonyl (C=O) groups is 1. The molecule has 1 aromatic carbocycles. The first kappa shape index (κ1) is 19.4. The summed E-state index contributed by atoms with van der Waals surface area (Å²) in [5, 5.41) is 5.97. The Morgan fingerprint density at radius 2 is 2.20 bits per heavy atom. The molecule has 0 bridgehead atoms. The van der Waals surface area contributed by atoms with Crippen molar-refractivity contribution >= 4 is 44.6 Å². The van der Waals surface area contributed by atoms with Crippen LogP contribution in [0.25, 0.3) is 0 Å². The molecule has 0 atom stereocenters. The summed E-state index contributed by atoms with van der Waals surface area (Å²) in [4.78, 5) is 15.5. The van der Waals surface area contributed by atoms with E-state index in [-0.39, 0.29) is 18.0 Å². The van der Waals surface area contributed by atoms with Gasteiger partial charge in [0.1, 0.15) is 0 Å². The molecule has 0 saturated carbocycles. The molecule has 10 heteroatoms. The molecule has 1 N–H and O–H groups in total. The lowest BCUT2D eigenvalue weighted by atomic mass is 10.1. The van der Waals surface area contributed by atoms with Gasteiger partial charge in [-0.05, 0) is 30.7 Å². The van der Waals surface area contributed by atoms with Crippen molar-refractivity contribution in [3.63, 3.8) is 0 Å². The Morgan fingerprint density at radius 3 is 2.88 bits per heavy atom. The van der Waals surface area contributed by atoms with E-state index in [0.717, 1.165) is 12.1 Å². The van der Waals surface area contributed by atoms with Crippen LogP contribution in [0.4, 0.5) is 18.3 Å². The predicted molar refractivity (Wildman–Crippen MR) is 92.8 cm³/mol. The third kappa shape index (κ3) is 6.13. The standard InChI is InChI=1S/C15H13BrF3N3O2S/c1-2-24-13(23)6-12-8-25-14(21-12)22-20-7-9-3-10(15(17,18)19)5-11(16)4-9/h3-5,7-8H,2,6H2,1H3,(H,21,22). The molecule has 1 aromatic heterocycles. The van der Waals surface area contributed by atoms with E-state index in [1.807, 2.05) is 0 Å². The molecule has 0 aliphatic heterocycles. The average Bonchev–Trinajstić information content (AvgIpc) is 2.93. The first-order chi connectivity index (χ1) is 11.8. The molecule has 0 unspecified atom stereocenters. The van der Waals surface area contributed by atoms with Crippen LogP contribution in [0.2, 0.25) is 0 Å². The minimum atomic E-state index is -4.43. The zero-order valence-electron chi connectivity index (χ0n) is 12.9. The van der Waals surface area contributed by atoms with Gasteiger partial charge in [-0.1, -0.05) is 15.9 Å². The van der Waals surface area contributed by atoms with Crippen molar-refractivity contribution in [3.8, 4) is 0 Å². The van der Waals surface area contributed by atoms with Crippen LogP contribution in [0.1, 0.15) is 23.7 Å². The van der Waals surface area contributed by atoms with Crippen molar-refractivity contribution in [2.75, 3.05) is 12.0 Å². The molecule has 0 radical (unpaired) electrons. The summed E-state index contributed by atoms with van der Waals surface area (Å²) in [6.45, 7) is 2.01. The molecule has 0 aliphatic carbocycles. The summed E-state index contributed by atoms with van der Waals surface area (Å²) in [6, 6.07) is 3.49. The Hall–Kier alpha value is -1.94. The lowest BCUT2D eigenvalue weighted by Crippen LogP contribution is -2.07. The van der Waals surface area contributed by atoms with Crippen LogP contribution in [-0.4, -0.2) is 23.8 Å². The van der Waals surface area contributed by atoms with Crippen molar-refractivity contribution < 1.29 is 22.7 Å². The van der Waals surface area contributed by atoms with Crippen LogP contribution in [0.5, 0.6) is 0 Å². The number of hydrazone groups is 1. The fourth-order valence-corrected chi connectivity index (χ4v) is 2.98. The number of halogens is 4. The van der Waals surface area contributed by atoms with Crippen molar-refractivity contribution in [3.05, 3.63) is 44.9 Å². The van der Waals surface area contributed by atoms with E-state index in [4.69, 9.17) is 4.74 Å². The van der Waals surface area contributed by atoms with E-state index in [2.05, 4.69) is 31.4 Å². The van der Waals surface area contributed by atoms with Gasteiger partial charge in [-0.3, -0.25) is 10.2 Å². The Balaban J connectivity index is 2.01. The highest BCUT2D eigenvalue weighted by molar-refractivity contribution is 9.10. The van der Waals surface area contributed by atoms with Gasteiger partial charge in [-0.2, -0.15) is 18.3 Å². The molecule has 134 valence electrons. The molecule has 25 heavy (non-hydrogen) atoms. The monoisotopic (exact) mass is 435 g/mol. The molecule has 0 aliphatic rings. The molecule has 1 heterocycles. The lowest BCUT2D eigenvalue weighted by Gasteiger charge is -2.07. The van der Waals surface area contributed by atoms with Gasteiger partial charge < -0.3 is 4.74 Å². The molecule has 0 saturated heterocycles. The highest BCUT2D eigenvalue weighted by atomic mass is 79.9. The Bertz CT molecular complexity index is 778. The maximum absolute atomic E-state index is 12.8. The second kappa shape index (κ2) is 8.43. The van der Waals surface area contributed by atoms with E-state index in [9.17, 15) is 18.0 Å². The quantitative estimate of drug-likeness (QED) is 0.412. The van der Waals surface area contributed by atoms with Gasteiger partial charge in [0.25, 0.3) is 0 Å². The summed E-state index contributed by atoms with van der Waals surface area (Å²) in [7, 11) is 0. The normalized spacial score (nSPS) is 11.7. The summed E-state index contributed by atoms with van der Waals surface area (Å²) >= 11 is 4.27. The van der Waals surface area contributed by atoms with Gasteiger partial charge in [0.2, 0.25) is 5.13 Å². The maximum Gasteiger partial charge on any atom is 0.416 e. The summed E-state index contributed by atoms with van der Waals surface area (Å²) in [5.41, 5.74) is 2.66. The number of aromatic nitrogens is 1. The number of nitrogens with one attached hydrogen (secondary N) is 1. The number of rotatable bonds is 6. The first-order valence-electron chi connectivity index (χ1n) is 7.05. The zero-order chi connectivity index (χ0) is 18.4. The van der Waals surface area contributed by atoms with Crippen LogP contribution in [0, 0.1) is 0 Å². The molecule has 0 amide bonds. The average molecular weight is 436 g/mol. The van der Waals surface area contributed by atoms with Gasteiger partial charge in [-0.15, -0.1) is 11.3 Å². The molecular formula is C15H13BrF3N3O2S. The van der Waals surface area contributed by atoms with E-state index in [1.165, 1.54) is 23.6 Å². The minimum absolute atomic E-state index is 0.0519. The SMILES string of the molecule is CCOC(=O)Cc1csc(NN=Cc2cc(Br)cc(C(F)(F)F)c2)n1. The number of thiazole rings is 1. The number of nitrogens with zero attached hydrogens (tertiary/aromatic N) is 2. The van der Waals surface area contributed by atoms with Gasteiger partial charge in [0, 0.05) is 9.85 Å². The Kier molecular flexibility index (Phi) is 6.54. The summed E-state index contributed by atoms with van der Waals surface area (Å²) in [6.07, 6.45) is -3.13. The highest BCUT2D eigenvalue weighted by Crippen LogP contribution is 2.31. The van der Waals surface area contributed by atoms with Gasteiger partial charge in [0.05, 0.1) is 30.5 Å². The number of benzene rings is 1. The van der Waals surface area contributed by atoms with Crippen molar-refractivity contribution in [1.29, 1.82) is 0 Å².